The molecule has 0 aliphatic carbocycles. The summed E-state index contributed by atoms with van der Waals surface area (Å²) in [6.07, 6.45) is 0. The van der Waals surface area contributed by atoms with Crippen LogP contribution >= 0.6 is 27.5 Å². The number of rotatable bonds is 2. The maximum absolute atomic E-state index is 11.7. The van der Waals surface area contributed by atoms with Crippen LogP contribution in [0.4, 0.5) is 0 Å². The summed E-state index contributed by atoms with van der Waals surface area (Å²) in [5.41, 5.74) is 4.11. The van der Waals surface area contributed by atoms with Crippen LogP contribution in [0.25, 0.3) is 22.2 Å². The van der Waals surface area contributed by atoms with Gasteiger partial charge in [-0.3, -0.25) is 4.79 Å². The van der Waals surface area contributed by atoms with E-state index >= 15 is 0 Å². The van der Waals surface area contributed by atoms with E-state index < -0.39 is 5.24 Å². The van der Waals surface area contributed by atoms with Gasteiger partial charge in [0, 0.05) is 21.0 Å². The first-order chi connectivity index (χ1) is 10.0. The highest BCUT2D eigenvalue weighted by Gasteiger charge is 2.12. The van der Waals surface area contributed by atoms with Crippen LogP contribution in [0, 0.1) is 6.92 Å². The van der Waals surface area contributed by atoms with E-state index in [1.807, 2.05) is 49.4 Å². The molecule has 0 fully saturated rings. The van der Waals surface area contributed by atoms with Crippen LogP contribution in [0.15, 0.2) is 53.0 Å². The van der Waals surface area contributed by atoms with E-state index in [0.29, 0.717) is 5.56 Å². The molecule has 0 aliphatic heterocycles. The standard InChI is InChI=1S/C17H11BrClNO/c1-10-2-4-11(5-3-10)16-9-14(17(19)21)13-8-12(18)6-7-15(13)20-16/h2-9H,1H3. The Labute approximate surface area is 135 Å². The van der Waals surface area contributed by atoms with Crippen LogP contribution in [0.1, 0.15) is 15.9 Å². The lowest BCUT2D eigenvalue weighted by Gasteiger charge is -2.08. The van der Waals surface area contributed by atoms with Gasteiger partial charge in [-0.1, -0.05) is 45.8 Å². The van der Waals surface area contributed by atoms with Crippen molar-refractivity contribution in [2.45, 2.75) is 6.92 Å². The number of carbonyl (C=O) groups excluding carboxylic acids is 1. The molecule has 1 aromatic heterocycles. The van der Waals surface area contributed by atoms with Crippen LogP contribution in [-0.2, 0) is 0 Å². The quantitative estimate of drug-likeness (QED) is 0.576. The van der Waals surface area contributed by atoms with Crippen LogP contribution in [-0.4, -0.2) is 10.2 Å². The van der Waals surface area contributed by atoms with Gasteiger partial charge in [0.05, 0.1) is 11.2 Å². The molecule has 0 aliphatic rings. The minimum absolute atomic E-state index is 0.471. The molecule has 2 nitrogen and oxygen atoms in total. The van der Waals surface area contributed by atoms with E-state index in [1.165, 1.54) is 5.56 Å². The Hall–Kier alpha value is -1.71. The molecule has 4 heteroatoms. The Bertz CT molecular complexity index is 843. The Balaban J connectivity index is 2.28. The van der Waals surface area contributed by atoms with Gasteiger partial charge < -0.3 is 0 Å². The molecule has 21 heavy (non-hydrogen) atoms. The van der Waals surface area contributed by atoms with Crippen LogP contribution in [0.2, 0.25) is 0 Å². The summed E-state index contributed by atoms with van der Waals surface area (Å²) < 4.78 is 0.888. The van der Waals surface area contributed by atoms with Gasteiger partial charge in [-0.15, -0.1) is 0 Å². The molecule has 0 saturated carbocycles. The predicted molar refractivity (Wildman–Crippen MR) is 89.8 cm³/mol. The molecular weight excluding hydrogens is 350 g/mol. The van der Waals surface area contributed by atoms with Crippen LogP contribution in [0.3, 0.4) is 0 Å². The summed E-state index contributed by atoms with van der Waals surface area (Å²) >= 11 is 9.14. The second kappa shape index (κ2) is 5.58. The van der Waals surface area contributed by atoms with Gasteiger partial charge >= 0.3 is 0 Å². The van der Waals surface area contributed by atoms with Crippen molar-refractivity contribution in [1.29, 1.82) is 0 Å². The normalized spacial score (nSPS) is 10.8. The van der Waals surface area contributed by atoms with E-state index in [0.717, 1.165) is 26.6 Å². The third kappa shape index (κ3) is 2.85. The molecule has 0 spiro atoms. The minimum atomic E-state index is -0.478. The molecule has 1 heterocycles. The van der Waals surface area contributed by atoms with Gasteiger partial charge in [-0.25, -0.2) is 4.98 Å². The van der Waals surface area contributed by atoms with Gasteiger partial charge in [0.15, 0.2) is 0 Å². The Morgan fingerprint density at radius 2 is 1.81 bits per heavy atom. The fourth-order valence-corrected chi connectivity index (χ4v) is 2.75. The summed E-state index contributed by atoms with van der Waals surface area (Å²) in [6.45, 7) is 2.03. The Kier molecular flexibility index (Phi) is 3.79. The summed E-state index contributed by atoms with van der Waals surface area (Å²) in [4.78, 5) is 16.4. The van der Waals surface area contributed by atoms with E-state index in [4.69, 9.17) is 11.6 Å². The van der Waals surface area contributed by atoms with Crippen molar-refractivity contribution in [1.82, 2.24) is 4.98 Å². The summed E-state index contributed by atoms with van der Waals surface area (Å²) in [5.74, 6) is 0. The van der Waals surface area contributed by atoms with Gasteiger partial charge in [-0.05, 0) is 42.8 Å². The molecule has 0 bridgehead atoms. The fraction of sp³-hybridized carbons (Fsp3) is 0.0588. The summed E-state index contributed by atoms with van der Waals surface area (Å²) in [5, 5.41) is 0.272. The van der Waals surface area contributed by atoms with Crippen molar-refractivity contribution in [2.24, 2.45) is 0 Å². The SMILES string of the molecule is Cc1ccc(-c2cc(C(=O)Cl)c3cc(Br)ccc3n2)cc1. The molecule has 0 atom stereocenters. The highest BCUT2D eigenvalue weighted by atomic mass is 79.9. The second-order valence-electron chi connectivity index (χ2n) is 4.86. The van der Waals surface area contributed by atoms with Crippen molar-refractivity contribution in [3.05, 3.63) is 64.1 Å². The van der Waals surface area contributed by atoms with Gasteiger partial charge in [-0.2, -0.15) is 0 Å². The van der Waals surface area contributed by atoms with E-state index in [-0.39, 0.29) is 0 Å². The molecule has 3 rings (SSSR count). The third-order valence-electron chi connectivity index (χ3n) is 3.33. The largest absolute Gasteiger partial charge is 0.276 e. The molecule has 3 aromatic rings. The maximum Gasteiger partial charge on any atom is 0.253 e. The number of carbonyl (C=O) groups is 1. The lowest BCUT2D eigenvalue weighted by atomic mass is 10.0. The fourth-order valence-electron chi connectivity index (χ4n) is 2.23. The Morgan fingerprint density at radius 1 is 1.10 bits per heavy atom. The zero-order valence-corrected chi connectivity index (χ0v) is 13.6. The number of aryl methyl sites for hydroxylation is 1. The smallest absolute Gasteiger partial charge is 0.253 e. The minimum Gasteiger partial charge on any atom is -0.276 e. The van der Waals surface area contributed by atoms with E-state index in [2.05, 4.69) is 20.9 Å². The highest BCUT2D eigenvalue weighted by molar-refractivity contribution is 9.10. The number of pyridine rings is 1. The molecule has 0 radical (unpaired) electrons. The topological polar surface area (TPSA) is 30.0 Å². The van der Waals surface area contributed by atoms with Gasteiger partial charge in [0.1, 0.15) is 0 Å². The zero-order chi connectivity index (χ0) is 15.0. The Morgan fingerprint density at radius 3 is 2.48 bits per heavy atom. The van der Waals surface area contributed by atoms with E-state index in [9.17, 15) is 4.79 Å². The first-order valence-electron chi connectivity index (χ1n) is 6.42. The first kappa shape index (κ1) is 14.2. The zero-order valence-electron chi connectivity index (χ0n) is 11.2. The molecule has 0 unspecified atom stereocenters. The molecule has 0 N–H and O–H groups in total. The third-order valence-corrected chi connectivity index (χ3v) is 4.03. The van der Waals surface area contributed by atoms with Crippen LogP contribution < -0.4 is 0 Å². The molecular formula is C17H11BrClNO. The number of fused-ring (bicyclic) bond motifs is 1. The second-order valence-corrected chi connectivity index (χ2v) is 6.12. The summed E-state index contributed by atoms with van der Waals surface area (Å²) in [6, 6.07) is 15.4. The number of benzene rings is 2. The van der Waals surface area contributed by atoms with Crippen molar-refractivity contribution >= 4 is 43.7 Å². The van der Waals surface area contributed by atoms with Crippen LogP contribution in [0.5, 0.6) is 0 Å². The number of hydrogen-bond acceptors (Lipinski definition) is 2. The highest BCUT2D eigenvalue weighted by Crippen LogP contribution is 2.28. The molecule has 0 amide bonds. The average molecular weight is 361 g/mol. The molecule has 104 valence electrons. The molecule has 0 saturated heterocycles. The number of aromatic nitrogens is 1. The number of nitrogens with zero attached hydrogens (tertiary/aromatic N) is 1. The average Bonchev–Trinajstić information content (AvgIpc) is 2.46. The van der Waals surface area contributed by atoms with Crippen molar-refractivity contribution < 1.29 is 4.79 Å². The first-order valence-corrected chi connectivity index (χ1v) is 7.59. The van der Waals surface area contributed by atoms with Crippen molar-refractivity contribution in [3.8, 4) is 11.3 Å². The lowest BCUT2D eigenvalue weighted by Crippen LogP contribution is -1.96. The molecule has 2 aromatic carbocycles. The lowest BCUT2D eigenvalue weighted by molar-refractivity contribution is 0.108. The van der Waals surface area contributed by atoms with Gasteiger partial charge in [0.25, 0.3) is 5.24 Å². The van der Waals surface area contributed by atoms with Crippen molar-refractivity contribution in [2.75, 3.05) is 0 Å². The summed E-state index contributed by atoms with van der Waals surface area (Å²) in [7, 11) is 0. The van der Waals surface area contributed by atoms with Crippen molar-refractivity contribution in [3.63, 3.8) is 0 Å². The number of halogens is 2. The monoisotopic (exact) mass is 359 g/mol. The maximum atomic E-state index is 11.7. The number of hydrogen-bond donors (Lipinski definition) is 0. The predicted octanol–water partition coefficient (Wildman–Crippen LogP) is 5.35. The van der Waals surface area contributed by atoms with Gasteiger partial charge in [0.2, 0.25) is 0 Å². The van der Waals surface area contributed by atoms with E-state index in [1.54, 1.807) is 6.07 Å².